The summed E-state index contributed by atoms with van der Waals surface area (Å²) in [6, 6.07) is 0. The molecule has 0 spiro atoms. The minimum Gasteiger partial charge on any atom is -0.464 e. The monoisotopic (exact) mass is 721 g/mol. The third kappa shape index (κ3) is 10.8. The summed E-state index contributed by atoms with van der Waals surface area (Å²) in [5.74, 6) is -7.21. The molecule has 4 N–H and O–H groups in total. The molecule has 2 aliphatic rings. The van der Waals surface area contributed by atoms with Crippen molar-refractivity contribution < 1.29 is 45.9 Å². The van der Waals surface area contributed by atoms with Crippen molar-refractivity contribution >= 4 is 36.4 Å². The lowest BCUT2D eigenvalue weighted by Crippen LogP contribution is -2.54. The van der Waals surface area contributed by atoms with E-state index >= 15 is 0 Å². The van der Waals surface area contributed by atoms with E-state index in [1.807, 2.05) is 0 Å². The molecule has 0 radical (unpaired) electrons. The lowest BCUT2D eigenvalue weighted by molar-refractivity contribution is -0.152. The van der Waals surface area contributed by atoms with Crippen LogP contribution < -0.4 is 15.9 Å². The van der Waals surface area contributed by atoms with Crippen LogP contribution in [0.25, 0.3) is 11.2 Å². The first-order valence-corrected chi connectivity index (χ1v) is 18.4. The second-order valence-electron chi connectivity index (χ2n) is 14.4. The summed E-state index contributed by atoms with van der Waals surface area (Å²) in [6.07, 6.45) is 1.49. The number of esters is 2. The number of nitrogens with two attached hydrogens (primary N) is 1. The van der Waals surface area contributed by atoms with Crippen LogP contribution in [0.1, 0.15) is 86.0 Å². The zero-order valence-corrected chi connectivity index (χ0v) is 29.5. The van der Waals surface area contributed by atoms with Crippen molar-refractivity contribution in [2.45, 2.75) is 122 Å². The third-order valence-electron chi connectivity index (χ3n) is 8.94. The second kappa shape index (κ2) is 15.2. The highest BCUT2D eigenvalue weighted by molar-refractivity contribution is 7.59. The minimum absolute atomic E-state index is 0.0663. The molecule has 49 heavy (non-hydrogen) atoms. The van der Waals surface area contributed by atoms with Crippen molar-refractivity contribution in [3.8, 4) is 0 Å². The third-order valence-corrected chi connectivity index (χ3v) is 11.3. The highest BCUT2D eigenvalue weighted by Crippen LogP contribution is 2.43. The quantitative estimate of drug-likeness (QED) is 0.121. The average Bonchev–Trinajstić information content (AvgIpc) is 3.41. The highest BCUT2D eigenvalue weighted by atomic mass is 31.2. The summed E-state index contributed by atoms with van der Waals surface area (Å²) >= 11 is 0. The molecule has 13 nitrogen and oxygen atoms in total. The summed E-state index contributed by atoms with van der Waals surface area (Å²) in [5, 5.41) is 5.65. The van der Waals surface area contributed by atoms with Crippen LogP contribution in [0.5, 0.6) is 0 Å². The van der Waals surface area contributed by atoms with Gasteiger partial charge in [0.2, 0.25) is 19.3 Å². The Kier molecular flexibility index (Phi) is 12.0. The fourth-order valence-electron chi connectivity index (χ4n) is 5.96. The first-order valence-electron chi connectivity index (χ1n) is 16.5. The van der Waals surface area contributed by atoms with Gasteiger partial charge in [0.1, 0.15) is 29.3 Å². The maximum atomic E-state index is 14.6. The van der Waals surface area contributed by atoms with Crippen molar-refractivity contribution in [1.29, 1.82) is 0 Å². The highest BCUT2D eigenvalue weighted by Gasteiger charge is 2.44. The minimum atomic E-state index is -4.01. The standard InChI is InChI=1S/C31H48F4N7O6P/c1-20(14-42-18-39-23-24(36)37-17-38-25(23)42)48-19-49(45,40-28(2,3)26(43)46-15-21-6-10-30(32,33)11-7-21)41-29(4,5)27(44)47-16-22-8-12-31(34,35)13-9-22/h17-18,20-22H,6-16,19H2,1-5H3,(H2,36,37,38)(H2,40,41,45)/t20-/m1/s1. The van der Waals surface area contributed by atoms with Gasteiger partial charge in [-0.05, 0) is 72.1 Å². The van der Waals surface area contributed by atoms with Gasteiger partial charge in [0.25, 0.3) is 0 Å². The number of nitrogens with zero attached hydrogens (tertiary/aromatic N) is 4. The number of carbonyl (C=O) groups is 2. The van der Waals surface area contributed by atoms with Crippen LogP contribution in [-0.4, -0.2) is 80.0 Å². The van der Waals surface area contributed by atoms with E-state index in [2.05, 4.69) is 25.1 Å². The van der Waals surface area contributed by atoms with E-state index in [1.165, 1.54) is 40.3 Å². The largest absolute Gasteiger partial charge is 0.464 e. The molecule has 2 aliphatic carbocycles. The fourth-order valence-corrected chi connectivity index (χ4v) is 8.60. The Morgan fingerprint density at radius 1 is 0.918 bits per heavy atom. The molecule has 0 unspecified atom stereocenters. The maximum Gasteiger partial charge on any atom is 0.326 e. The molecule has 0 aromatic carbocycles. The Balaban J connectivity index is 1.43. The van der Waals surface area contributed by atoms with Gasteiger partial charge in [0, 0.05) is 25.7 Å². The van der Waals surface area contributed by atoms with Gasteiger partial charge in [-0.1, -0.05) is 0 Å². The smallest absolute Gasteiger partial charge is 0.326 e. The molecular weight excluding hydrogens is 673 g/mol. The van der Waals surface area contributed by atoms with E-state index in [0.29, 0.717) is 11.2 Å². The SMILES string of the molecule is C[C@H](Cn1cnc2c(N)ncnc21)OCP(=O)(NC(C)(C)C(=O)OCC1CCC(F)(F)CC1)NC(C)(C)C(=O)OCC1CCC(F)(F)CC1. The lowest BCUT2D eigenvalue weighted by Gasteiger charge is -2.36. The van der Waals surface area contributed by atoms with Crippen LogP contribution >= 0.6 is 7.44 Å². The molecule has 276 valence electrons. The van der Waals surface area contributed by atoms with Gasteiger partial charge in [0.05, 0.1) is 32.2 Å². The van der Waals surface area contributed by atoms with Crippen molar-refractivity contribution in [3.05, 3.63) is 12.7 Å². The summed E-state index contributed by atoms with van der Waals surface area (Å²) in [4.78, 5) is 38.8. The molecule has 0 bridgehead atoms. The molecule has 4 rings (SSSR count). The predicted octanol–water partition coefficient (Wildman–Crippen LogP) is 5.44. The molecule has 18 heteroatoms. The number of halogens is 4. The number of carbonyl (C=O) groups excluding carboxylic acids is 2. The number of nitrogen functional groups attached to an aromatic ring is 1. The van der Waals surface area contributed by atoms with E-state index in [-0.39, 0.29) is 88.8 Å². The van der Waals surface area contributed by atoms with Gasteiger partial charge in [0.15, 0.2) is 11.5 Å². The van der Waals surface area contributed by atoms with Crippen LogP contribution in [0.2, 0.25) is 0 Å². The van der Waals surface area contributed by atoms with Crippen molar-refractivity contribution in [2.75, 3.05) is 25.3 Å². The van der Waals surface area contributed by atoms with Gasteiger partial charge in [-0.3, -0.25) is 14.2 Å². The van der Waals surface area contributed by atoms with Crippen LogP contribution in [0.3, 0.4) is 0 Å². The van der Waals surface area contributed by atoms with Crippen LogP contribution in [-0.2, 0) is 34.9 Å². The number of nitrogens with one attached hydrogen (secondary N) is 2. The molecule has 2 aromatic heterocycles. The Hall–Kier alpha value is -2.88. The van der Waals surface area contributed by atoms with Crippen molar-refractivity contribution in [2.24, 2.45) is 11.8 Å². The number of fused-ring (bicyclic) bond motifs is 1. The van der Waals surface area contributed by atoms with E-state index in [9.17, 15) is 31.7 Å². The van der Waals surface area contributed by atoms with Gasteiger partial charge >= 0.3 is 11.9 Å². The maximum absolute atomic E-state index is 14.6. The topological polar surface area (TPSA) is 173 Å². The molecule has 2 heterocycles. The fraction of sp³-hybridized carbons (Fsp3) is 0.774. The molecule has 2 saturated carbocycles. The summed E-state index contributed by atoms with van der Waals surface area (Å²) in [5.41, 5.74) is 3.62. The number of aromatic nitrogens is 4. The van der Waals surface area contributed by atoms with E-state index in [4.69, 9.17) is 19.9 Å². The second-order valence-corrected chi connectivity index (χ2v) is 16.6. The molecule has 0 aliphatic heterocycles. The summed E-state index contributed by atoms with van der Waals surface area (Å²) in [7, 11) is -4.01. The van der Waals surface area contributed by atoms with Gasteiger partial charge in [-0.2, -0.15) is 0 Å². The number of anilines is 1. The van der Waals surface area contributed by atoms with Gasteiger partial charge in [-0.25, -0.2) is 42.7 Å². The first kappa shape index (κ1) is 38.9. The predicted molar refractivity (Wildman–Crippen MR) is 173 cm³/mol. The first-order chi connectivity index (χ1) is 22.7. The number of imidazole rings is 1. The molecule has 1 atom stereocenters. The number of alkyl halides is 4. The van der Waals surface area contributed by atoms with Crippen molar-refractivity contribution in [3.63, 3.8) is 0 Å². The Labute approximate surface area is 283 Å². The number of ether oxygens (including phenoxy) is 3. The van der Waals surface area contributed by atoms with E-state index in [1.54, 1.807) is 11.5 Å². The van der Waals surface area contributed by atoms with Crippen LogP contribution in [0, 0.1) is 11.8 Å². The molecule has 0 saturated heterocycles. The van der Waals surface area contributed by atoms with Crippen molar-refractivity contribution in [1.82, 2.24) is 29.7 Å². The average molecular weight is 722 g/mol. The van der Waals surface area contributed by atoms with Gasteiger partial charge in [-0.15, -0.1) is 0 Å². The Bertz CT molecular complexity index is 1440. The Morgan fingerprint density at radius 2 is 1.39 bits per heavy atom. The molecule has 2 fully saturated rings. The summed E-state index contributed by atoms with van der Waals surface area (Å²) < 4.78 is 87.6. The number of hydrogen-bond donors (Lipinski definition) is 3. The normalized spacial score (nSPS) is 19.9. The van der Waals surface area contributed by atoms with E-state index in [0.717, 1.165) is 0 Å². The van der Waals surface area contributed by atoms with E-state index < -0.39 is 54.8 Å². The zero-order valence-electron chi connectivity index (χ0n) is 28.6. The molecule has 0 amide bonds. The van der Waals surface area contributed by atoms with Gasteiger partial charge < -0.3 is 24.5 Å². The zero-order chi connectivity index (χ0) is 36.3. The number of hydrogen-bond acceptors (Lipinski definition) is 10. The van der Waals surface area contributed by atoms with Crippen LogP contribution in [0.15, 0.2) is 12.7 Å². The molecular formula is C31H48F4N7O6P. The Morgan fingerprint density at radius 3 is 1.86 bits per heavy atom. The number of rotatable bonds is 15. The summed E-state index contributed by atoms with van der Waals surface area (Å²) in [6.45, 7) is 7.63. The molecule has 2 aromatic rings. The lowest BCUT2D eigenvalue weighted by atomic mass is 9.87. The van der Waals surface area contributed by atoms with Crippen LogP contribution in [0.4, 0.5) is 23.4 Å².